The molecule has 0 spiro atoms. The third-order valence-corrected chi connectivity index (χ3v) is 3.52. The molecule has 0 saturated heterocycles. The molecule has 5 nitrogen and oxygen atoms in total. The van der Waals surface area contributed by atoms with Crippen LogP contribution in [-0.4, -0.2) is 18.0 Å². The van der Waals surface area contributed by atoms with E-state index in [9.17, 15) is 4.79 Å². The van der Waals surface area contributed by atoms with E-state index in [1.807, 2.05) is 13.1 Å². The number of hydrogen-bond donors (Lipinski definition) is 2. The number of aromatic nitrogens is 1. The first-order valence-electron chi connectivity index (χ1n) is 5.73. The SMILES string of the molecule is COc1ccc(C(N)=O)cc1NCc1cnc(C)s1. The lowest BCUT2D eigenvalue weighted by atomic mass is 10.1. The summed E-state index contributed by atoms with van der Waals surface area (Å²) in [4.78, 5) is 16.5. The second-order valence-electron chi connectivity index (χ2n) is 3.98. The normalized spacial score (nSPS) is 10.2. The van der Waals surface area contributed by atoms with Crippen LogP contribution in [-0.2, 0) is 6.54 Å². The fraction of sp³-hybridized carbons (Fsp3) is 0.231. The van der Waals surface area contributed by atoms with Gasteiger partial charge in [0.2, 0.25) is 5.91 Å². The van der Waals surface area contributed by atoms with Crippen molar-refractivity contribution in [3.8, 4) is 5.75 Å². The highest BCUT2D eigenvalue weighted by Gasteiger charge is 2.08. The maximum Gasteiger partial charge on any atom is 0.248 e. The molecule has 0 bridgehead atoms. The molecule has 2 aromatic rings. The number of rotatable bonds is 5. The zero-order valence-corrected chi connectivity index (χ0v) is 11.6. The lowest BCUT2D eigenvalue weighted by molar-refractivity contribution is 0.100. The Hall–Kier alpha value is -2.08. The van der Waals surface area contributed by atoms with Crippen molar-refractivity contribution >= 4 is 22.9 Å². The standard InChI is InChI=1S/C13H15N3O2S/c1-8-15-6-10(19-8)7-16-11-5-9(13(14)17)3-4-12(11)18-2/h3-6,16H,7H2,1-2H3,(H2,14,17). The minimum Gasteiger partial charge on any atom is -0.495 e. The number of aryl methyl sites for hydroxylation is 1. The Morgan fingerprint density at radius 2 is 2.32 bits per heavy atom. The highest BCUT2D eigenvalue weighted by atomic mass is 32.1. The van der Waals surface area contributed by atoms with Gasteiger partial charge in [0, 0.05) is 16.6 Å². The van der Waals surface area contributed by atoms with Gasteiger partial charge in [-0.15, -0.1) is 11.3 Å². The Morgan fingerprint density at radius 1 is 1.53 bits per heavy atom. The van der Waals surface area contributed by atoms with Crippen LogP contribution in [0.3, 0.4) is 0 Å². The maximum absolute atomic E-state index is 11.2. The first-order valence-corrected chi connectivity index (χ1v) is 6.55. The molecule has 1 aromatic heterocycles. The van der Waals surface area contributed by atoms with E-state index in [4.69, 9.17) is 10.5 Å². The largest absolute Gasteiger partial charge is 0.495 e. The number of nitrogens with one attached hydrogen (secondary N) is 1. The molecule has 100 valence electrons. The van der Waals surface area contributed by atoms with E-state index in [-0.39, 0.29) is 0 Å². The molecule has 3 N–H and O–H groups in total. The summed E-state index contributed by atoms with van der Waals surface area (Å²) in [5.74, 6) is 0.213. The van der Waals surface area contributed by atoms with E-state index < -0.39 is 5.91 Å². The average Bonchev–Trinajstić information content (AvgIpc) is 2.81. The fourth-order valence-corrected chi connectivity index (χ4v) is 2.40. The van der Waals surface area contributed by atoms with E-state index in [0.717, 1.165) is 15.6 Å². The van der Waals surface area contributed by atoms with Gasteiger partial charge in [0.05, 0.1) is 24.3 Å². The molecule has 0 atom stereocenters. The van der Waals surface area contributed by atoms with Crippen LogP contribution in [0.4, 0.5) is 5.69 Å². The molecule has 0 radical (unpaired) electrons. The van der Waals surface area contributed by atoms with Gasteiger partial charge in [0.15, 0.2) is 0 Å². The minimum absolute atomic E-state index is 0.448. The number of primary amides is 1. The summed E-state index contributed by atoms with van der Waals surface area (Å²) in [5, 5.41) is 4.25. The minimum atomic E-state index is -0.459. The molecule has 1 amide bonds. The van der Waals surface area contributed by atoms with Crippen LogP contribution in [0.25, 0.3) is 0 Å². The zero-order valence-electron chi connectivity index (χ0n) is 10.8. The van der Waals surface area contributed by atoms with E-state index in [1.165, 1.54) is 0 Å². The van der Waals surface area contributed by atoms with Crippen LogP contribution in [0.1, 0.15) is 20.2 Å². The molecule has 1 aromatic carbocycles. The van der Waals surface area contributed by atoms with Gasteiger partial charge in [-0.05, 0) is 25.1 Å². The highest BCUT2D eigenvalue weighted by molar-refractivity contribution is 7.11. The Labute approximate surface area is 115 Å². The summed E-state index contributed by atoms with van der Waals surface area (Å²) in [7, 11) is 1.58. The number of hydrogen-bond acceptors (Lipinski definition) is 5. The molecule has 2 rings (SSSR count). The average molecular weight is 277 g/mol. The van der Waals surface area contributed by atoms with Crippen molar-refractivity contribution in [2.75, 3.05) is 12.4 Å². The Bertz CT molecular complexity index is 595. The van der Waals surface area contributed by atoms with Crippen molar-refractivity contribution in [3.05, 3.63) is 39.8 Å². The number of ether oxygens (including phenoxy) is 1. The van der Waals surface area contributed by atoms with Gasteiger partial charge in [-0.1, -0.05) is 0 Å². The molecule has 0 unspecified atom stereocenters. The zero-order chi connectivity index (χ0) is 13.8. The fourth-order valence-electron chi connectivity index (χ4n) is 1.67. The van der Waals surface area contributed by atoms with Crippen LogP contribution in [0.15, 0.2) is 24.4 Å². The van der Waals surface area contributed by atoms with E-state index >= 15 is 0 Å². The number of methoxy groups -OCH3 is 1. The molecule has 1 heterocycles. The summed E-state index contributed by atoms with van der Waals surface area (Å²) >= 11 is 1.62. The first-order chi connectivity index (χ1) is 9.10. The smallest absolute Gasteiger partial charge is 0.248 e. The molecule has 0 fully saturated rings. The quantitative estimate of drug-likeness (QED) is 0.878. The highest BCUT2D eigenvalue weighted by Crippen LogP contribution is 2.26. The second-order valence-corrected chi connectivity index (χ2v) is 5.30. The number of thiazole rings is 1. The summed E-state index contributed by atoms with van der Waals surface area (Å²) in [6, 6.07) is 5.05. The van der Waals surface area contributed by atoms with Crippen LogP contribution in [0, 0.1) is 6.92 Å². The van der Waals surface area contributed by atoms with Crippen molar-refractivity contribution in [2.45, 2.75) is 13.5 Å². The van der Waals surface area contributed by atoms with Gasteiger partial charge in [-0.2, -0.15) is 0 Å². The second kappa shape index (κ2) is 5.71. The number of nitrogens with zero attached hydrogens (tertiary/aromatic N) is 1. The summed E-state index contributed by atoms with van der Waals surface area (Å²) in [6.45, 7) is 2.59. The van der Waals surface area contributed by atoms with Crippen LogP contribution in [0.2, 0.25) is 0 Å². The lowest BCUT2D eigenvalue weighted by Gasteiger charge is -2.11. The third kappa shape index (κ3) is 3.23. The Balaban J connectivity index is 2.17. The van der Waals surface area contributed by atoms with E-state index in [2.05, 4.69) is 10.3 Å². The molecule has 0 aliphatic heterocycles. The van der Waals surface area contributed by atoms with Crippen LogP contribution in [0.5, 0.6) is 5.75 Å². The molecule has 0 saturated carbocycles. The van der Waals surface area contributed by atoms with Crippen molar-refractivity contribution < 1.29 is 9.53 Å². The van der Waals surface area contributed by atoms with Crippen molar-refractivity contribution in [3.63, 3.8) is 0 Å². The predicted molar refractivity (Wildman–Crippen MR) is 75.7 cm³/mol. The van der Waals surface area contributed by atoms with Crippen molar-refractivity contribution in [2.24, 2.45) is 5.73 Å². The van der Waals surface area contributed by atoms with Gasteiger partial charge >= 0.3 is 0 Å². The van der Waals surface area contributed by atoms with Gasteiger partial charge in [-0.3, -0.25) is 4.79 Å². The number of amides is 1. The molecule has 0 aliphatic carbocycles. The van der Waals surface area contributed by atoms with Crippen LogP contribution >= 0.6 is 11.3 Å². The third-order valence-electron chi connectivity index (χ3n) is 2.61. The molecular formula is C13H15N3O2S. The van der Waals surface area contributed by atoms with Crippen molar-refractivity contribution in [1.29, 1.82) is 0 Å². The molecule has 0 aliphatic rings. The maximum atomic E-state index is 11.2. The van der Waals surface area contributed by atoms with Gasteiger partial charge in [-0.25, -0.2) is 4.98 Å². The topological polar surface area (TPSA) is 77.2 Å². The molecule has 19 heavy (non-hydrogen) atoms. The number of nitrogens with two attached hydrogens (primary N) is 1. The van der Waals surface area contributed by atoms with Gasteiger partial charge in [0.1, 0.15) is 5.75 Å². The lowest BCUT2D eigenvalue weighted by Crippen LogP contribution is -2.11. The molecule has 6 heteroatoms. The Morgan fingerprint density at radius 3 is 2.89 bits per heavy atom. The molecular weight excluding hydrogens is 262 g/mol. The number of carbonyl (C=O) groups is 1. The van der Waals surface area contributed by atoms with E-state index in [0.29, 0.717) is 17.9 Å². The van der Waals surface area contributed by atoms with E-state index in [1.54, 1.807) is 36.6 Å². The van der Waals surface area contributed by atoms with Crippen molar-refractivity contribution in [1.82, 2.24) is 4.98 Å². The number of benzene rings is 1. The number of carbonyl (C=O) groups excluding carboxylic acids is 1. The Kier molecular flexibility index (Phi) is 4.01. The van der Waals surface area contributed by atoms with Gasteiger partial charge in [0.25, 0.3) is 0 Å². The van der Waals surface area contributed by atoms with Gasteiger partial charge < -0.3 is 15.8 Å². The predicted octanol–water partition coefficient (Wildman–Crippen LogP) is 2.17. The van der Waals surface area contributed by atoms with Crippen LogP contribution < -0.4 is 15.8 Å². The monoisotopic (exact) mass is 277 g/mol. The summed E-state index contributed by atoms with van der Waals surface area (Å²) in [6.07, 6.45) is 1.83. The first kappa shape index (κ1) is 13.4. The number of anilines is 1. The summed E-state index contributed by atoms with van der Waals surface area (Å²) in [5.41, 5.74) is 6.46. The summed E-state index contributed by atoms with van der Waals surface area (Å²) < 4.78 is 5.25.